The van der Waals surface area contributed by atoms with Crippen LogP contribution in [0, 0.1) is 0 Å². The fraction of sp³-hybridized carbons (Fsp3) is 0.333. The second kappa shape index (κ2) is 6.55. The minimum Gasteiger partial charge on any atom is -0.378 e. The van der Waals surface area contributed by atoms with Gasteiger partial charge in [0.1, 0.15) is 0 Å². The average Bonchev–Trinajstić information content (AvgIpc) is 2.82. The maximum Gasteiger partial charge on any atom is 0.0682 e. The zero-order valence-corrected chi connectivity index (χ0v) is 13.9. The monoisotopic (exact) mass is 338 g/mol. The normalized spacial score (nSPS) is 12.4. The Bertz CT molecular complexity index is 519. The maximum atomic E-state index is 3.63. The van der Waals surface area contributed by atoms with E-state index in [1.807, 2.05) is 0 Å². The predicted octanol–water partition coefficient (Wildman–Crippen LogP) is 4.28. The van der Waals surface area contributed by atoms with Crippen molar-refractivity contribution < 1.29 is 0 Å². The molecule has 1 aromatic carbocycles. The first kappa shape index (κ1) is 14.6. The van der Waals surface area contributed by atoms with Gasteiger partial charge in [-0.1, -0.05) is 19.1 Å². The lowest BCUT2D eigenvalue weighted by Gasteiger charge is -2.19. The highest BCUT2D eigenvalue weighted by Crippen LogP contribution is 2.33. The van der Waals surface area contributed by atoms with Crippen LogP contribution in [0.2, 0.25) is 0 Å². The second-order valence-electron chi connectivity index (χ2n) is 4.61. The molecular formula is C15H19BrN2S. The van der Waals surface area contributed by atoms with Crippen LogP contribution in [-0.2, 0) is 0 Å². The van der Waals surface area contributed by atoms with Crippen molar-refractivity contribution in [2.24, 2.45) is 0 Å². The Morgan fingerprint density at radius 1 is 1.21 bits per heavy atom. The van der Waals surface area contributed by atoms with Crippen molar-refractivity contribution in [2.45, 2.75) is 13.0 Å². The fourth-order valence-electron chi connectivity index (χ4n) is 2.04. The van der Waals surface area contributed by atoms with Gasteiger partial charge >= 0.3 is 0 Å². The van der Waals surface area contributed by atoms with Gasteiger partial charge in [-0.3, -0.25) is 0 Å². The van der Waals surface area contributed by atoms with E-state index >= 15 is 0 Å². The molecule has 0 saturated heterocycles. The van der Waals surface area contributed by atoms with Gasteiger partial charge in [-0.25, -0.2) is 0 Å². The Morgan fingerprint density at radius 2 is 1.89 bits per heavy atom. The summed E-state index contributed by atoms with van der Waals surface area (Å²) >= 11 is 5.42. The van der Waals surface area contributed by atoms with E-state index < -0.39 is 0 Å². The van der Waals surface area contributed by atoms with Crippen molar-refractivity contribution >= 4 is 33.0 Å². The molecule has 0 aliphatic rings. The molecule has 1 N–H and O–H groups in total. The highest BCUT2D eigenvalue weighted by Gasteiger charge is 2.17. The summed E-state index contributed by atoms with van der Waals surface area (Å²) in [6.45, 7) is 3.09. The third kappa shape index (κ3) is 3.38. The molecule has 2 rings (SSSR count). The minimum atomic E-state index is 0.260. The molecule has 2 aromatic rings. The first-order valence-electron chi connectivity index (χ1n) is 6.37. The van der Waals surface area contributed by atoms with Gasteiger partial charge in [-0.05, 0) is 51.6 Å². The summed E-state index contributed by atoms with van der Waals surface area (Å²) in [5.41, 5.74) is 2.53. The topological polar surface area (TPSA) is 15.3 Å². The van der Waals surface area contributed by atoms with Crippen LogP contribution in [0.4, 0.5) is 5.69 Å². The van der Waals surface area contributed by atoms with E-state index in [1.165, 1.54) is 20.6 Å². The Morgan fingerprint density at radius 3 is 2.37 bits per heavy atom. The smallest absolute Gasteiger partial charge is 0.0682 e. The van der Waals surface area contributed by atoms with Gasteiger partial charge in [0.15, 0.2) is 0 Å². The van der Waals surface area contributed by atoms with Gasteiger partial charge in [-0.15, -0.1) is 11.3 Å². The highest BCUT2D eigenvalue weighted by molar-refractivity contribution is 9.10. The number of anilines is 1. The summed E-state index contributed by atoms with van der Waals surface area (Å²) in [5.74, 6) is 0. The largest absolute Gasteiger partial charge is 0.378 e. The minimum absolute atomic E-state index is 0.260. The zero-order valence-electron chi connectivity index (χ0n) is 11.5. The SMILES string of the molecule is CCNC(c1ccc(N(C)C)cc1)c1sccc1Br. The van der Waals surface area contributed by atoms with Crippen LogP contribution in [0.5, 0.6) is 0 Å². The zero-order chi connectivity index (χ0) is 13.8. The van der Waals surface area contributed by atoms with Crippen LogP contribution in [0.1, 0.15) is 23.4 Å². The molecule has 0 saturated carbocycles. The molecule has 1 heterocycles. The van der Waals surface area contributed by atoms with E-state index in [4.69, 9.17) is 0 Å². The maximum absolute atomic E-state index is 3.63. The van der Waals surface area contributed by atoms with E-state index in [-0.39, 0.29) is 6.04 Å². The standard InChI is InChI=1S/C15H19BrN2S/c1-4-17-14(15-13(16)9-10-19-15)11-5-7-12(8-6-11)18(2)3/h5-10,14,17H,4H2,1-3H3. The molecule has 19 heavy (non-hydrogen) atoms. The van der Waals surface area contributed by atoms with Gasteiger partial charge in [0.05, 0.1) is 6.04 Å². The van der Waals surface area contributed by atoms with Gasteiger partial charge < -0.3 is 10.2 Å². The van der Waals surface area contributed by atoms with Crippen LogP contribution in [0.15, 0.2) is 40.2 Å². The first-order chi connectivity index (χ1) is 9.13. The Kier molecular flexibility index (Phi) is 5.02. The number of nitrogens with zero attached hydrogens (tertiary/aromatic N) is 1. The molecular weight excluding hydrogens is 320 g/mol. The number of thiophene rings is 1. The third-order valence-electron chi connectivity index (χ3n) is 3.06. The molecule has 0 amide bonds. The van der Waals surface area contributed by atoms with E-state index in [0.29, 0.717) is 0 Å². The van der Waals surface area contributed by atoms with Crippen molar-refractivity contribution in [1.29, 1.82) is 0 Å². The third-order valence-corrected chi connectivity index (χ3v) is 4.99. The highest BCUT2D eigenvalue weighted by atomic mass is 79.9. The van der Waals surface area contributed by atoms with E-state index in [1.54, 1.807) is 11.3 Å². The Hall–Kier alpha value is -0.840. The van der Waals surface area contributed by atoms with Crippen LogP contribution in [0.25, 0.3) is 0 Å². The molecule has 0 radical (unpaired) electrons. The Balaban J connectivity index is 2.31. The van der Waals surface area contributed by atoms with Crippen molar-refractivity contribution in [3.05, 3.63) is 50.6 Å². The summed E-state index contributed by atoms with van der Waals surface area (Å²) in [6.07, 6.45) is 0. The molecule has 102 valence electrons. The van der Waals surface area contributed by atoms with Crippen LogP contribution >= 0.6 is 27.3 Å². The summed E-state index contributed by atoms with van der Waals surface area (Å²) in [7, 11) is 4.12. The number of benzene rings is 1. The summed E-state index contributed by atoms with van der Waals surface area (Å²) < 4.78 is 1.18. The molecule has 4 heteroatoms. The number of halogens is 1. The first-order valence-corrected chi connectivity index (χ1v) is 8.04. The molecule has 0 bridgehead atoms. The molecule has 2 nitrogen and oxygen atoms in total. The molecule has 1 atom stereocenters. The van der Waals surface area contributed by atoms with Crippen molar-refractivity contribution in [1.82, 2.24) is 5.32 Å². The lowest BCUT2D eigenvalue weighted by Crippen LogP contribution is -2.21. The van der Waals surface area contributed by atoms with Gasteiger partial charge in [0.25, 0.3) is 0 Å². The summed E-state index contributed by atoms with van der Waals surface area (Å²) in [4.78, 5) is 3.45. The molecule has 0 aliphatic carbocycles. The lowest BCUT2D eigenvalue weighted by atomic mass is 10.0. The number of rotatable bonds is 5. The van der Waals surface area contributed by atoms with Crippen molar-refractivity contribution in [3.63, 3.8) is 0 Å². The van der Waals surface area contributed by atoms with E-state index in [2.05, 4.69) is 82.9 Å². The summed E-state index contributed by atoms with van der Waals surface area (Å²) in [5, 5.41) is 5.68. The van der Waals surface area contributed by atoms with Gasteiger partial charge in [0, 0.05) is 29.1 Å². The molecule has 0 aliphatic heterocycles. The van der Waals surface area contributed by atoms with Crippen LogP contribution in [-0.4, -0.2) is 20.6 Å². The van der Waals surface area contributed by atoms with Crippen molar-refractivity contribution in [3.8, 4) is 0 Å². The van der Waals surface area contributed by atoms with E-state index in [9.17, 15) is 0 Å². The Labute approximate surface area is 127 Å². The molecule has 1 unspecified atom stereocenters. The van der Waals surface area contributed by atoms with Gasteiger partial charge in [0.2, 0.25) is 0 Å². The number of hydrogen-bond donors (Lipinski definition) is 1. The lowest BCUT2D eigenvalue weighted by molar-refractivity contribution is 0.638. The fourth-order valence-corrected chi connectivity index (χ4v) is 3.75. The molecule has 0 fully saturated rings. The second-order valence-corrected chi connectivity index (χ2v) is 6.41. The predicted molar refractivity (Wildman–Crippen MR) is 88.3 cm³/mol. The quantitative estimate of drug-likeness (QED) is 0.875. The van der Waals surface area contributed by atoms with E-state index in [0.717, 1.165) is 6.54 Å². The van der Waals surface area contributed by atoms with Crippen LogP contribution in [0.3, 0.4) is 0 Å². The van der Waals surface area contributed by atoms with Gasteiger partial charge in [-0.2, -0.15) is 0 Å². The number of hydrogen-bond acceptors (Lipinski definition) is 3. The molecule has 0 spiro atoms. The molecule has 1 aromatic heterocycles. The average molecular weight is 339 g/mol. The summed E-state index contributed by atoms with van der Waals surface area (Å²) in [6, 6.07) is 11.1. The van der Waals surface area contributed by atoms with Crippen LogP contribution < -0.4 is 10.2 Å². The van der Waals surface area contributed by atoms with Crippen molar-refractivity contribution in [2.75, 3.05) is 25.5 Å². The number of nitrogens with one attached hydrogen (secondary N) is 1.